The van der Waals surface area contributed by atoms with E-state index in [0.717, 1.165) is 23.7 Å². The van der Waals surface area contributed by atoms with Crippen LogP contribution in [0.15, 0.2) is 17.6 Å². The average molecular weight is 161 g/mol. The number of rotatable bonds is 3. The Kier molecular flexibility index (Phi) is 0.964. The third-order valence-electron chi connectivity index (χ3n) is 4.52. The summed E-state index contributed by atoms with van der Waals surface area (Å²) in [6.07, 6.45) is 3.50. The zero-order chi connectivity index (χ0) is 8.51. The number of fused-ring (bicyclic) bond motifs is 1. The van der Waals surface area contributed by atoms with Gasteiger partial charge >= 0.3 is 0 Å². The van der Waals surface area contributed by atoms with E-state index in [9.17, 15) is 0 Å². The number of allylic oxidation sites excluding steroid dienone is 1. The van der Waals surface area contributed by atoms with Crippen LogP contribution in [0.25, 0.3) is 0 Å². The van der Waals surface area contributed by atoms with E-state index < -0.39 is 0 Å². The summed E-state index contributed by atoms with van der Waals surface area (Å²) in [5.74, 6) is 3.57. The Morgan fingerprint density at radius 3 is 2.67 bits per heavy atom. The van der Waals surface area contributed by atoms with Crippen LogP contribution in [0.5, 0.6) is 0 Å². The summed E-state index contributed by atoms with van der Waals surface area (Å²) in [6, 6.07) is 0.627. The zero-order valence-electron chi connectivity index (χ0n) is 7.53. The highest BCUT2D eigenvalue weighted by molar-refractivity contribution is 5.43. The maximum atomic E-state index is 4.20. The van der Waals surface area contributed by atoms with Crippen LogP contribution in [0.3, 0.4) is 0 Å². The van der Waals surface area contributed by atoms with E-state index >= 15 is 0 Å². The molecule has 1 nitrogen and oxygen atoms in total. The molecule has 6 atom stereocenters. The highest BCUT2D eigenvalue weighted by Crippen LogP contribution is 2.88. The molecule has 0 aromatic carbocycles. The van der Waals surface area contributed by atoms with Crippen molar-refractivity contribution in [3.63, 3.8) is 0 Å². The van der Waals surface area contributed by atoms with Crippen molar-refractivity contribution in [2.75, 3.05) is 0 Å². The van der Waals surface area contributed by atoms with Gasteiger partial charge in [0.05, 0.1) is 6.04 Å². The van der Waals surface area contributed by atoms with E-state index in [0.29, 0.717) is 11.5 Å². The van der Waals surface area contributed by atoms with Gasteiger partial charge in [0.25, 0.3) is 0 Å². The first kappa shape index (κ1) is 6.88. The average Bonchev–Trinajstić information content (AvgIpc) is 2.92. The molecule has 12 heavy (non-hydrogen) atoms. The van der Waals surface area contributed by atoms with E-state index in [-0.39, 0.29) is 0 Å². The molecule has 3 aliphatic carbocycles. The standard InChI is InChI=1S/C11H15N/c1-4-7-5-8(7)11-6(2)9(11)10(11)12-3/h4,6-10H,1,3,5H2,2H3. The molecule has 0 radical (unpaired) electrons. The Bertz CT molecular complexity index is 270. The summed E-state index contributed by atoms with van der Waals surface area (Å²) in [5.41, 5.74) is 0.626. The van der Waals surface area contributed by atoms with Crippen LogP contribution in [-0.4, -0.2) is 12.8 Å². The summed E-state index contributed by atoms with van der Waals surface area (Å²) < 4.78 is 0. The molecule has 3 aliphatic rings. The minimum atomic E-state index is 0.626. The molecular weight excluding hydrogens is 146 g/mol. The molecule has 0 bridgehead atoms. The monoisotopic (exact) mass is 161 g/mol. The summed E-state index contributed by atoms with van der Waals surface area (Å²) in [6.45, 7) is 9.90. The van der Waals surface area contributed by atoms with Crippen LogP contribution in [0.2, 0.25) is 0 Å². The lowest BCUT2D eigenvalue weighted by Crippen LogP contribution is -2.12. The minimum absolute atomic E-state index is 0.626. The summed E-state index contributed by atoms with van der Waals surface area (Å²) in [4.78, 5) is 4.20. The molecule has 0 aliphatic heterocycles. The van der Waals surface area contributed by atoms with E-state index in [1.54, 1.807) is 0 Å². The first-order valence-corrected chi connectivity index (χ1v) is 4.86. The van der Waals surface area contributed by atoms with E-state index in [4.69, 9.17) is 0 Å². The Balaban J connectivity index is 1.78. The SMILES string of the molecule is C=CC1CC1C12C(C)C1C2N=C. The van der Waals surface area contributed by atoms with Gasteiger partial charge < -0.3 is 0 Å². The van der Waals surface area contributed by atoms with Crippen LogP contribution < -0.4 is 0 Å². The molecule has 6 unspecified atom stereocenters. The van der Waals surface area contributed by atoms with Gasteiger partial charge in [-0.2, -0.15) is 0 Å². The van der Waals surface area contributed by atoms with Crippen LogP contribution in [0, 0.1) is 29.1 Å². The molecule has 64 valence electrons. The number of nitrogens with zero attached hydrogens (tertiary/aromatic N) is 1. The maximum absolute atomic E-state index is 4.20. The van der Waals surface area contributed by atoms with Crippen LogP contribution in [0.4, 0.5) is 0 Å². The first-order valence-electron chi connectivity index (χ1n) is 4.86. The molecule has 0 spiro atoms. The van der Waals surface area contributed by atoms with Crippen molar-refractivity contribution in [2.45, 2.75) is 19.4 Å². The lowest BCUT2D eigenvalue weighted by atomic mass is 9.97. The molecule has 3 rings (SSSR count). The molecule has 0 aromatic heterocycles. The lowest BCUT2D eigenvalue weighted by Gasteiger charge is -2.11. The Labute approximate surface area is 73.6 Å². The van der Waals surface area contributed by atoms with Crippen molar-refractivity contribution in [3.8, 4) is 0 Å². The van der Waals surface area contributed by atoms with Gasteiger partial charge in [-0.1, -0.05) is 13.0 Å². The quantitative estimate of drug-likeness (QED) is 0.444. The van der Waals surface area contributed by atoms with Gasteiger partial charge in [0.15, 0.2) is 0 Å². The van der Waals surface area contributed by atoms with Crippen molar-refractivity contribution < 1.29 is 0 Å². The predicted molar refractivity (Wildman–Crippen MR) is 50.2 cm³/mol. The molecule has 0 aromatic rings. The van der Waals surface area contributed by atoms with Gasteiger partial charge in [-0.15, -0.1) is 6.58 Å². The maximum Gasteiger partial charge on any atom is 0.0594 e. The second-order valence-corrected chi connectivity index (χ2v) is 4.68. The fourth-order valence-corrected chi connectivity index (χ4v) is 3.63. The number of hydrogen-bond acceptors (Lipinski definition) is 1. The van der Waals surface area contributed by atoms with Crippen molar-refractivity contribution in [1.82, 2.24) is 0 Å². The van der Waals surface area contributed by atoms with E-state index in [2.05, 4.69) is 31.3 Å². The van der Waals surface area contributed by atoms with Gasteiger partial charge in [0.2, 0.25) is 0 Å². The van der Waals surface area contributed by atoms with E-state index in [1.807, 2.05) is 0 Å². The first-order chi connectivity index (χ1) is 5.78. The van der Waals surface area contributed by atoms with Gasteiger partial charge in [0, 0.05) is 5.41 Å². The summed E-state index contributed by atoms with van der Waals surface area (Å²) in [5, 5.41) is 0. The van der Waals surface area contributed by atoms with Crippen LogP contribution in [0.1, 0.15) is 13.3 Å². The smallest absolute Gasteiger partial charge is 0.0594 e. The van der Waals surface area contributed by atoms with Crippen LogP contribution >= 0.6 is 0 Å². The number of aliphatic imine (C=N–C) groups is 1. The normalized spacial score (nSPS) is 64.9. The molecule has 0 amide bonds. The minimum Gasteiger partial charge on any atom is -0.297 e. The largest absolute Gasteiger partial charge is 0.297 e. The summed E-state index contributed by atoms with van der Waals surface area (Å²) >= 11 is 0. The Morgan fingerprint density at radius 2 is 2.33 bits per heavy atom. The Hall–Kier alpha value is -0.590. The molecule has 3 saturated carbocycles. The van der Waals surface area contributed by atoms with Gasteiger partial charge in [-0.3, -0.25) is 4.99 Å². The fraction of sp³-hybridized carbons (Fsp3) is 0.727. The highest BCUT2D eigenvalue weighted by atomic mass is 15.1. The van der Waals surface area contributed by atoms with Crippen molar-refractivity contribution in [1.29, 1.82) is 0 Å². The topological polar surface area (TPSA) is 12.4 Å². The molecule has 3 fully saturated rings. The lowest BCUT2D eigenvalue weighted by molar-refractivity contribution is 0.414. The fourth-order valence-electron chi connectivity index (χ4n) is 3.63. The molecule has 0 heterocycles. The van der Waals surface area contributed by atoms with Crippen molar-refractivity contribution >= 4 is 6.72 Å². The van der Waals surface area contributed by atoms with Gasteiger partial charge in [0.1, 0.15) is 0 Å². The third-order valence-corrected chi connectivity index (χ3v) is 4.52. The molecule has 0 N–H and O–H groups in total. The number of hydrogen-bond donors (Lipinski definition) is 0. The second-order valence-electron chi connectivity index (χ2n) is 4.68. The second kappa shape index (κ2) is 1.68. The summed E-state index contributed by atoms with van der Waals surface area (Å²) in [7, 11) is 0. The molecule has 1 heteroatoms. The van der Waals surface area contributed by atoms with Gasteiger partial charge in [-0.05, 0) is 36.8 Å². The third kappa shape index (κ3) is 0.476. The van der Waals surface area contributed by atoms with Gasteiger partial charge in [-0.25, -0.2) is 0 Å². The predicted octanol–water partition coefficient (Wildman–Crippen LogP) is 2.14. The highest BCUT2D eigenvalue weighted by Gasteiger charge is 2.89. The zero-order valence-corrected chi connectivity index (χ0v) is 7.53. The van der Waals surface area contributed by atoms with Crippen molar-refractivity contribution in [3.05, 3.63) is 12.7 Å². The van der Waals surface area contributed by atoms with E-state index in [1.165, 1.54) is 6.42 Å². The molecule has 0 saturated heterocycles. The van der Waals surface area contributed by atoms with Crippen molar-refractivity contribution in [2.24, 2.45) is 34.1 Å². The molecular formula is C11H15N. The van der Waals surface area contributed by atoms with Crippen LogP contribution in [-0.2, 0) is 0 Å². The Morgan fingerprint density at radius 1 is 1.58 bits per heavy atom.